The van der Waals surface area contributed by atoms with Crippen molar-refractivity contribution in [2.45, 2.75) is 37.8 Å². The van der Waals surface area contributed by atoms with Crippen LogP contribution in [0.2, 0.25) is 0 Å². The average molecular weight is 328 g/mol. The Hall–Kier alpha value is -2.54. The summed E-state index contributed by atoms with van der Waals surface area (Å²) in [6, 6.07) is 6.24. The maximum atomic E-state index is 13.5. The van der Waals surface area contributed by atoms with Crippen molar-refractivity contribution in [3.05, 3.63) is 36.3 Å². The minimum absolute atomic E-state index is 0.202. The van der Waals surface area contributed by atoms with E-state index in [1.54, 1.807) is 18.3 Å². The topological polar surface area (TPSA) is 84.1 Å². The molecule has 0 bridgehead atoms. The molecule has 0 radical (unpaired) electrons. The van der Waals surface area contributed by atoms with Gasteiger partial charge in [0.1, 0.15) is 11.5 Å². The van der Waals surface area contributed by atoms with Crippen LogP contribution < -0.4 is 5.32 Å². The number of aromatic nitrogens is 3. The normalized spacial score (nSPS) is 21.1. The number of nitrogens with zero attached hydrogens (tertiary/aromatic N) is 3. The van der Waals surface area contributed by atoms with Gasteiger partial charge in [-0.2, -0.15) is 0 Å². The molecule has 0 atom stereocenters. The lowest BCUT2D eigenvalue weighted by Gasteiger charge is -2.26. The first-order valence-corrected chi connectivity index (χ1v) is 8.02. The Morgan fingerprint density at radius 3 is 2.83 bits per heavy atom. The Labute approximate surface area is 137 Å². The number of hydrogen-bond acceptors (Lipinski definition) is 6. The van der Waals surface area contributed by atoms with Gasteiger partial charge in [0.05, 0.1) is 17.2 Å². The van der Waals surface area contributed by atoms with Crippen LogP contribution in [0.3, 0.4) is 0 Å². The van der Waals surface area contributed by atoms with E-state index in [1.807, 2.05) is 0 Å². The molecule has 24 heavy (non-hydrogen) atoms. The maximum Gasteiger partial charge on any atom is 0.223 e. The predicted octanol–water partition coefficient (Wildman–Crippen LogP) is 3.14. The molecule has 1 aliphatic carbocycles. The Kier molecular flexibility index (Phi) is 3.86. The highest BCUT2D eigenvalue weighted by molar-refractivity contribution is 5.90. The van der Waals surface area contributed by atoms with Crippen molar-refractivity contribution < 1.29 is 14.0 Å². The first-order valence-electron chi connectivity index (χ1n) is 8.02. The fourth-order valence-corrected chi connectivity index (χ4v) is 3.06. The Morgan fingerprint density at radius 2 is 2.00 bits per heavy atom. The molecule has 0 aliphatic heterocycles. The smallest absolute Gasteiger partial charge is 0.223 e. The third kappa shape index (κ3) is 2.94. The molecule has 2 aromatic heterocycles. The molecule has 124 valence electrons. The van der Waals surface area contributed by atoms with E-state index in [4.69, 9.17) is 4.52 Å². The molecule has 1 fully saturated rings. The lowest BCUT2D eigenvalue weighted by atomic mass is 9.93. The zero-order valence-corrected chi connectivity index (χ0v) is 12.9. The number of halogens is 1. The van der Waals surface area contributed by atoms with E-state index < -0.39 is 0 Å². The number of hydrogen-bond donors (Lipinski definition) is 2. The average Bonchev–Trinajstić information content (AvgIpc) is 3.00. The zero-order valence-electron chi connectivity index (χ0n) is 12.9. The van der Waals surface area contributed by atoms with Crippen LogP contribution in [0.4, 0.5) is 10.3 Å². The number of fused-ring (bicyclic) bond motifs is 1. The van der Waals surface area contributed by atoms with Gasteiger partial charge in [-0.25, -0.2) is 14.4 Å². The van der Waals surface area contributed by atoms with Crippen LogP contribution in [-0.4, -0.2) is 32.4 Å². The third-order valence-electron chi connectivity index (χ3n) is 4.36. The standard InChI is InChI=1S/C17H17FN4O2/c18-10-1-6-15-13(9-10)16(22-24-15)14-7-8-19-17(21-14)20-11-2-4-12(23)5-3-11/h1,6-9,11-12,23H,2-5H2,(H,19,20,21). The summed E-state index contributed by atoms with van der Waals surface area (Å²) < 4.78 is 18.7. The van der Waals surface area contributed by atoms with Gasteiger partial charge in [-0.3, -0.25) is 0 Å². The van der Waals surface area contributed by atoms with E-state index in [9.17, 15) is 9.50 Å². The fraction of sp³-hybridized carbons (Fsp3) is 0.353. The molecule has 2 heterocycles. The van der Waals surface area contributed by atoms with Crippen LogP contribution in [0.5, 0.6) is 0 Å². The van der Waals surface area contributed by atoms with Crippen molar-refractivity contribution in [1.82, 2.24) is 15.1 Å². The van der Waals surface area contributed by atoms with Crippen molar-refractivity contribution >= 4 is 16.9 Å². The Bertz CT molecular complexity index is 859. The highest BCUT2D eigenvalue weighted by Gasteiger charge is 2.20. The number of aliphatic hydroxyl groups is 1. The number of rotatable bonds is 3. The minimum atomic E-state index is -0.347. The van der Waals surface area contributed by atoms with Gasteiger partial charge in [-0.05, 0) is 49.9 Å². The molecule has 0 unspecified atom stereocenters. The van der Waals surface area contributed by atoms with Gasteiger partial charge in [0.15, 0.2) is 5.58 Å². The van der Waals surface area contributed by atoms with E-state index >= 15 is 0 Å². The lowest BCUT2D eigenvalue weighted by Crippen LogP contribution is -2.28. The van der Waals surface area contributed by atoms with Gasteiger partial charge in [-0.15, -0.1) is 0 Å². The van der Waals surface area contributed by atoms with Crippen LogP contribution in [0.25, 0.3) is 22.4 Å². The molecule has 3 aromatic rings. The summed E-state index contributed by atoms with van der Waals surface area (Å²) >= 11 is 0. The van der Waals surface area contributed by atoms with Crippen LogP contribution >= 0.6 is 0 Å². The molecule has 7 heteroatoms. The molecule has 1 saturated carbocycles. The molecule has 0 amide bonds. The summed E-state index contributed by atoms with van der Waals surface area (Å²) in [6.07, 6.45) is 4.77. The van der Waals surface area contributed by atoms with E-state index in [0.717, 1.165) is 25.7 Å². The van der Waals surface area contributed by atoms with Crippen LogP contribution in [0.1, 0.15) is 25.7 Å². The van der Waals surface area contributed by atoms with E-state index in [-0.39, 0.29) is 18.0 Å². The summed E-state index contributed by atoms with van der Waals surface area (Å²) in [4.78, 5) is 8.72. The highest BCUT2D eigenvalue weighted by Crippen LogP contribution is 2.28. The Morgan fingerprint density at radius 1 is 1.17 bits per heavy atom. The predicted molar refractivity (Wildman–Crippen MR) is 86.9 cm³/mol. The van der Waals surface area contributed by atoms with E-state index in [2.05, 4.69) is 20.4 Å². The summed E-state index contributed by atoms with van der Waals surface area (Å²) in [5, 5.41) is 17.5. The van der Waals surface area contributed by atoms with Crippen molar-refractivity contribution in [1.29, 1.82) is 0 Å². The molecular formula is C17H17FN4O2. The fourth-order valence-electron chi connectivity index (χ4n) is 3.06. The summed E-state index contributed by atoms with van der Waals surface area (Å²) in [5.74, 6) is 0.154. The second kappa shape index (κ2) is 6.16. The Balaban J connectivity index is 1.61. The molecule has 1 aromatic carbocycles. The summed E-state index contributed by atoms with van der Waals surface area (Å²) in [5.41, 5.74) is 1.59. The third-order valence-corrected chi connectivity index (χ3v) is 4.36. The van der Waals surface area contributed by atoms with Crippen molar-refractivity contribution in [3.63, 3.8) is 0 Å². The highest BCUT2D eigenvalue weighted by atomic mass is 19.1. The molecule has 4 rings (SSSR count). The second-order valence-electron chi connectivity index (χ2n) is 6.09. The van der Waals surface area contributed by atoms with Crippen molar-refractivity contribution in [3.8, 4) is 11.4 Å². The number of anilines is 1. The zero-order chi connectivity index (χ0) is 16.5. The molecule has 6 nitrogen and oxygen atoms in total. The van der Waals surface area contributed by atoms with E-state index in [0.29, 0.717) is 28.3 Å². The SMILES string of the molecule is OC1CCC(Nc2nccc(-c3noc4ccc(F)cc34)n2)CC1. The van der Waals surface area contributed by atoms with Crippen LogP contribution in [-0.2, 0) is 0 Å². The first kappa shape index (κ1) is 15.0. The van der Waals surface area contributed by atoms with Gasteiger partial charge in [0, 0.05) is 12.2 Å². The lowest BCUT2D eigenvalue weighted by molar-refractivity contribution is 0.126. The maximum absolute atomic E-state index is 13.5. The monoisotopic (exact) mass is 328 g/mol. The summed E-state index contributed by atoms with van der Waals surface area (Å²) in [7, 11) is 0. The van der Waals surface area contributed by atoms with Gasteiger partial charge in [0.2, 0.25) is 5.95 Å². The molecule has 0 saturated heterocycles. The number of nitrogens with one attached hydrogen (secondary N) is 1. The second-order valence-corrected chi connectivity index (χ2v) is 6.09. The first-order chi connectivity index (χ1) is 11.7. The number of benzene rings is 1. The van der Waals surface area contributed by atoms with Crippen LogP contribution in [0, 0.1) is 5.82 Å². The van der Waals surface area contributed by atoms with E-state index in [1.165, 1.54) is 12.1 Å². The molecular weight excluding hydrogens is 311 g/mol. The van der Waals surface area contributed by atoms with Gasteiger partial charge >= 0.3 is 0 Å². The quantitative estimate of drug-likeness (QED) is 0.768. The molecule has 0 spiro atoms. The van der Waals surface area contributed by atoms with Gasteiger partial charge < -0.3 is 14.9 Å². The van der Waals surface area contributed by atoms with Crippen molar-refractivity contribution in [2.75, 3.05) is 5.32 Å². The number of aliphatic hydroxyl groups excluding tert-OH is 1. The van der Waals surface area contributed by atoms with Gasteiger partial charge in [-0.1, -0.05) is 5.16 Å². The summed E-state index contributed by atoms with van der Waals surface area (Å²) in [6.45, 7) is 0. The largest absolute Gasteiger partial charge is 0.393 e. The van der Waals surface area contributed by atoms with Crippen LogP contribution in [0.15, 0.2) is 35.0 Å². The molecule has 1 aliphatic rings. The van der Waals surface area contributed by atoms with Gasteiger partial charge in [0.25, 0.3) is 0 Å². The minimum Gasteiger partial charge on any atom is -0.393 e. The van der Waals surface area contributed by atoms with Crippen molar-refractivity contribution in [2.24, 2.45) is 0 Å². The molecule has 2 N–H and O–H groups in total.